The van der Waals surface area contributed by atoms with Crippen molar-refractivity contribution in [3.63, 3.8) is 0 Å². The zero-order valence-corrected chi connectivity index (χ0v) is 17.4. The van der Waals surface area contributed by atoms with Crippen LogP contribution in [0.4, 0.5) is 24.0 Å². The number of nitrogens with one attached hydrogen (secondary N) is 1. The van der Waals surface area contributed by atoms with E-state index in [1.807, 2.05) is 6.07 Å². The van der Waals surface area contributed by atoms with Crippen molar-refractivity contribution < 1.29 is 18.0 Å². The van der Waals surface area contributed by atoms with Crippen LogP contribution in [-0.2, 0) is 6.18 Å². The number of amides is 1. The number of hydrogen-bond acceptors (Lipinski definition) is 4. The van der Waals surface area contributed by atoms with Gasteiger partial charge in [0.05, 0.1) is 22.6 Å². The van der Waals surface area contributed by atoms with Crippen LogP contribution >= 0.6 is 22.9 Å². The van der Waals surface area contributed by atoms with E-state index in [4.69, 9.17) is 11.6 Å². The van der Waals surface area contributed by atoms with Crippen molar-refractivity contribution >= 4 is 46.0 Å². The van der Waals surface area contributed by atoms with Crippen LogP contribution in [0.5, 0.6) is 0 Å². The molecule has 10 heteroatoms. The van der Waals surface area contributed by atoms with Gasteiger partial charge in [-0.05, 0) is 18.2 Å². The molecule has 1 amide bonds. The second-order valence-electron chi connectivity index (χ2n) is 6.39. The first-order chi connectivity index (χ1) is 14.1. The maximum absolute atomic E-state index is 13.1. The third-order valence-corrected chi connectivity index (χ3v) is 5.09. The van der Waals surface area contributed by atoms with Gasteiger partial charge in [0.25, 0.3) is 5.91 Å². The van der Waals surface area contributed by atoms with Crippen molar-refractivity contribution in [1.82, 2.24) is 9.88 Å². The van der Waals surface area contributed by atoms with Gasteiger partial charge >= 0.3 is 6.18 Å². The zero-order chi connectivity index (χ0) is 21.9. The largest absolute Gasteiger partial charge is 0.417 e. The molecule has 1 aromatic heterocycles. The molecule has 0 radical (unpaired) electrons. The summed E-state index contributed by atoms with van der Waals surface area (Å²) in [6.45, 7) is 0. The molecule has 0 aliphatic heterocycles. The lowest BCUT2D eigenvalue weighted by molar-refractivity contribution is -0.137. The third-order valence-electron chi connectivity index (χ3n) is 3.80. The Hall–Kier alpha value is -2.91. The highest BCUT2D eigenvalue weighted by Gasteiger charge is 2.33. The molecule has 3 rings (SSSR count). The highest BCUT2D eigenvalue weighted by Crippen LogP contribution is 2.37. The molecule has 2 aromatic carbocycles. The summed E-state index contributed by atoms with van der Waals surface area (Å²) in [6.07, 6.45) is -3.09. The average molecular weight is 453 g/mol. The molecule has 0 spiro atoms. The van der Waals surface area contributed by atoms with E-state index in [2.05, 4.69) is 15.3 Å². The minimum atomic E-state index is -4.63. The molecule has 0 fully saturated rings. The van der Waals surface area contributed by atoms with Crippen LogP contribution in [0.15, 0.2) is 53.5 Å². The summed E-state index contributed by atoms with van der Waals surface area (Å²) in [5.74, 6) is -0.590. The Bertz CT molecular complexity index is 1080. The van der Waals surface area contributed by atoms with Gasteiger partial charge in [0.2, 0.25) is 5.13 Å². The summed E-state index contributed by atoms with van der Waals surface area (Å²) in [7, 11) is 3.59. The molecule has 0 atom stereocenters. The number of aliphatic imine (C=N–C) groups is 1. The standard InChI is InChI=1S/C20H16ClF3N4OS/c1-28(2)11-25-19-27-16(12-6-4-3-5-7-12)17(30-19)18(29)26-13-8-9-15(21)14(10-13)20(22,23)24/h3-11H,1-2H3,(H,26,29)/b25-11+. The van der Waals surface area contributed by atoms with Crippen LogP contribution in [0.3, 0.4) is 0 Å². The Morgan fingerprint density at radius 2 is 1.90 bits per heavy atom. The summed E-state index contributed by atoms with van der Waals surface area (Å²) in [6, 6.07) is 12.2. The number of thiazole rings is 1. The molecule has 0 aliphatic carbocycles. The quantitative estimate of drug-likeness (QED) is 0.384. The van der Waals surface area contributed by atoms with Crippen LogP contribution < -0.4 is 5.32 Å². The lowest BCUT2D eigenvalue weighted by Crippen LogP contribution is -2.13. The van der Waals surface area contributed by atoms with Gasteiger partial charge in [0, 0.05) is 25.3 Å². The van der Waals surface area contributed by atoms with Gasteiger partial charge in [-0.1, -0.05) is 53.3 Å². The minimum Gasteiger partial charge on any atom is -0.369 e. The lowest BCUT2D eigenvalue weighted by atomic mass is 10.1. The van der Waals surface area contributed by atoms with E-state index < -0.39 is 22.7 Å². The number of aromatic nitrogens is 1. The van der Waals surface area contributed by atoms with Crippen molar-refractivity contribution in [2.45, 2.75) is 6.18 Å². The number of hydrogen-bond donors (Lipinski definition) is 1. The molecular weight excluding hydrogens is 437 g/mol. The van der Waals surface area contributed by atoms with Gasteiger partial charge in [-0.3, -0.25) is 4.79 Å². The second-order valence-corrected chi connectivity index (χ2v) is 7.78. The van der Waals surface area contributed by atoms with Crippen molar-refractivity contribution in [2.24, 2.45) is 4.99 Å². The Morgan fingerprint density at radius 3 is 2.53 bits per heavy atom. The molecule has 1 N–H and O–H groups in total. The summed E-state index contributed by atoms with van der Waals surface area (Å²) in [5.41, 5.74) is 0.0413. The van der Waals surface area contributed by atoms with Crippen LogP contribution in [-0.4, -0.2) is 36.2 Å². The molecule has 30 heavy (non-hydrogen) atoms. The van der Waals surface area contributed by atoms with E-state index in [0.29, 0.717) is 16.4 Å². The summed E-state index contributed by atoms with van der Waals surface area (Å²) in [4.78, 5) is 23.5. The van der Waals surface area contributed by atoms with Crippen molar-refractivity contribution in [1.29, 1.82) is 0 Å². The minimum absolute atomic E-state index is 0.0255. The number of nitrogens with zero attached hydrogens (tertiary/aromatic N) is 3. The summed E-state index contributed by atoms with van der Waals surface area (Å²) in [5, 5.41) is 2.40. The summed E-state index contributed by atoms with van der Waals surface area (Å²) < 4.78 is 39.3. The Balaban J connectivity index is 1.97. The predicted molar refractivity (Wildman–Crippen MR) is 114 cm³/mol. The molecule has 0 bridgehead atoms. The SMILES string of the molecule is CN(C)/C=N/c1nc(-c2ccccc2)c(C(=O)Nc2ccc(Cl)c(C(F)(F)F)c2)s1. The summed E-state index contributed by atoms with van der Waals surface area (Å²) >= 11 is 6.68. The third kappa shape index (κ3) is 5.17. The molecule has 1 heterocycles. The monoisotopic (exact) mass is 452 g/mol. The maximum Gasteiger partial charge on any atom is 0.417 e. The van der Waals surface area contributed by atoms with E-state index in [1.165, 1.54) is 6.07 Å². The molecule has 0 aliphatic rings. The highest BCUT2D eigenvalue weighted by molar-refractivity contribution is 7.17. The van der Waals surface area contributed by atoms with E-state index in [-0.39, 0.29) is 10.6 Å². The number of alkyl halides is 3. The van der Waals surface area contributed by atoms with Crippen LogP contribution in [0.2, 0.25) is 5.02 Å². The number of carbonyl (C=O) groups excluding carboxylic acids is 1. The highest BCUT2D eigenvalue weighted by atomic mass is 35.5. The van der Waals surface area contributed by atoms with Crippen molar-refractivity contribution in [3.05, 3.63) is 64.0 Å². The van der Waals surface area contributed by atoms with Crippen LogP contribution in [0.1, 0.15) is 15.2 Å². The topological polar surface area (TPSA) is 57.6 Å². The first-order valence-electron chi connectivity index (χ1n) is 8.60. The molecule has 5 nitrogen and oxygen atoms in total. The number of halogens is 4. The molecule has 156 valence electrons. The number of rotatable bonds is 5. The lowest BCUT2D eigenvalue weighted by Gasteiger charge is -2.11. The van der Waals surface area contributed by atoms with Gasteiger partial charge in [0.1, 0.15) is 4.88 Å². The smallest absolute Gasteiger partial charge is 0.369 e. The molecule has 0 unspecified atom stereocenters. The Labute approximate surface area is 179 Å². The first-order valence-corrected chi connectivity index (χ1v) is 9.79. The Kier molecular flexibility index (Phi) is 6.42. The number of benzene rings is 2. The first kappa shape index (κ1) is 21.8. The van der Waals surface area contributed by atoms with Gasteiger partial charge in [-0.2, -0.15) is 13.2 Å². The van der Waals surface area contributed by atoms with Gasteiger partial charge < -0.3 is 10.2 Å². The van der Waals surface area contributed by atoms with E-state index in [9.17, 15) is 18.0 Å². The fourth-order valence-corrected chi connectivity index (χ4v) is 3.53. The van der Waals surface area contributed by atoms with Gasteiger partial charge in [-0.15, -0.1) is 0 Å². The zero-order valence-electron chi connectivity index (χ0n) is 15.9. The maximum atomic E-state index is 13.1. The predicted octanol–water partition coefficient (Wildman–Crippen LogP) is 5.96. The van der Waals surface area contributed by atoms with Crippen LogP contribution in [0.25, 0.3) is 11.3 Å². The van der Waals surface area contributed by atoms with Gasteiger partial charge in [0.15, 0.2) is 0 Å². The van der Waals surface area contributed by atoms with Gasteiger partial charge in [-0.25, -0.2) is 9.98 Å². The van der Waals surface area contributed by atoms with Crippen molar-refractivity contribution in [2.75, 3.05) is 19.4 Å². The molecule has 3 aromatic rings. The average Bonchev–Trinajstić information content (AvgIpc) is 3.12. The fraction of sp³-hybridized carbons (Fsp3) is 0.150. The number of anilines is 1. The molecular formula is C20H16ClF3N4OS. The molecule has 0 saturated carbocycles. The number of carbonyl (C=O) groups is 1. The Morgan fingerprint density at radius 1 is 1.20 bits per heavy atom. The fourth-order valence-electron chi connectivity index (χ4n) is 2.48. The van der Waals surface area contributed by atoms with Crippen LogP contribution in [0, 0.1) is 0 Å². The normalized spacial score (nSPS) is 11.7. The second kappa shape index (κ2) is 8.85. The molecule has 0 saturated heterocycles. The van der Waals surface area contributed by atoms with E-state index >= 15 is 0 Å². The van der Waals surface area contributed by atoms with E-state index in [1.54, 1.807) is 49.6 Å². The van der Waals surface area contributed by atoms with Crippen molar-refractivity contribution in [3.8, 4) is 11.3 Å². The van der Waals surface area contributed by atoms with E-state index in [0.717, 1.165) is 23.5 Å².